The summed E-state index contributed by atoms with van der Waals surface area (Å²) in [6.07, 6.45) is 1.20. The second-order valence-corrected chi connectivity index (χ2v) is 5.57. The fraction of sp³-hybridized carbons (Fsp3) is 0.600. The molecule has 0 radical (unpaired) electrons. The SMILES string of the molecule is Cc1cc(C)cc(C2CC(C)NCC2CN)c1. The zero-order valence-corrected chi connectivity index (χ0v) is 11.2. The van der Waals surface area contributed by atoms with Crippen molar-refractivity contribution in [3.8, 4) is 0 Å². The third-order valence-corrected chi connectivity index (χ3v) is 3.88. The van der Waals surface area contributed by atoms with Crippen LogP contribution in [0.4, 0.5) is 0 Å². The van der Waals surface area contributed by atoms with Gasteiger partial charge in [0.1, 0.15) is 0 Å². The normalized spacial score (nSPS) is 29.3. The fourth-order valence-electron chi connectivity index (χ4n) is 3.03. The first-order chi connectivity index (χ1) is 8.10. The Bertz CT molecular complexity index is 366. The molecule has 1 heterocycles. The van der Waals surface area contributed by atoms with Crippen LogP contribution in [0.2, 0.25) is 0 Å². The number of piperidine rings is 1. The van der Waals surface area contributed by atoms with Crippen LogP contribution in [0.5, 0.6) is 0 Å². The summed E-state index contributed by atoms with van der Waals surface area (Å²) in [4.78, 5) is 0. The van der Waals surface area contributed by atoms with Gasteiger partial charge in [-0.3, -0.25) is 0 Å². The molecule has 2 rings (SSSR count). The Morgan fingerprint density at radius 2 is 1.88 bits per heavy atom. The van der Waals surface area contributed by atoms with Gasteiger partial charge in [0, 0.05) is 6.04 Å². The number of benzene rings is 1. The third kappa shape index (κ3) is 2.88. The van der Waals surface area contributed by atoms with Crippen molar-refractivity contribution < 1.29 is 0 Å². The van der Waals surface area contributed by atoms with Crippen molar-refractivity contribution >= 4 is 0 Å². The molecule has 3 unspecified atom stereocenters. The Kier molecular flexibility index (Phi) is 3.85. The minimum atomic E-state index is 0.576. The van der Waals surface area contributed by atoms with E-state index >= 15 is 0 Å². The lowest BCUT2D eigenvalue weighted by atomic mass is 9.78. The molecule has 2 heteroatoms. The highest BCUT2D eigenvalue weighted by Gasteiger charge is 2.28. The van der Waals surface area contributed by atoms with E-state index in [-0.39, 0.29) is 0 Å². The number of hydrogen-bond acceptors (Lipinski definition) is 2. The van der Waals surface area contributed by atoms with Crippen molar-refractivity contribution in [2.24, 2.45) is 11.7 Å². The molecule has 1 aliphatic rings. The summed E-state index contributed by atoms with van der Waals surface area (Å²) >= 11 is 0. The van der Waals surface area contributed by atoms with Crippen LogP contribution in [0, 0.1) is 19.8 Å². The smallest absolute Gasteiger partial charge is 0.00447 e. The van der Waals surface area contributed by atoms with Crippen molar-refractivity contribution in [3.05, 3.63) is 34.9 Å². The topological polar surface area (TPSA) is 38.0 Å². The fourth-order valence-corrected chi connectivity index (χ4v) is 3.03. The molecule has 3 atom stereocenters. The van der Waals surface area contributed by atoms with E-state index in [1.165, 1.54) is 23.1 Å². The number of aryl methyl sites for hydroxylation is 2. The van der Waals surface area contributed by atoms with Gasteiger partial charge in [-0.2, -0.15) is 0 Å². The molecule has 1 aromatic carbocycles. The molecule has 0 aromatic heterocycles. The maximum Gasteiger partial charge on any atom is 0.00447 e. The zero-order valence-electron chi connectivity index (χ0n) is 11.2. The molecule has 3 N–H and O–H groups in total. The van der Waals surface area contributed by atoms with Crippen LogP contribution in [-0.4, -0.2) is 19.1 Å². The van der Waals surface area contributed by atoms with Gasteiger partial charge in [0.25, 0.3) is 0 Å². The van der Waals surface area contributed by atoms with E-state index in [1.54, 1.807) is 0 Å². The predicted octanol–water partition coefficient (Wildman–Crippen LogP) is 2.34. The molecular weight excluding hydrogens is 208 g/mol. The molecule has 94 valence electrons. The summed E-state index contributed by atoms with van der Waals surface area (Å²) < 4.78 is 0. The molecular formula is C15H24N2. The van der Waals surface area contributed by atoms with Crippen molar-refractivity contribution in [2.75, 3.05) is 13.1 Å². The summed E-state index contributed by atoms with van der Waals surface area (Å²) in [7, 11) is 0. The van der Waals surface area contributed by atoms with Gasteiger partial charge >= 0.3 is 0 Å². The summed E-state index contributed by atoms with van der Waals surface area (Å²) in [6, 6.07) is 7.51. The van der Waals surface area contributed by atoms with Crippen LogP contribution >= 0.6 is 0 Å². The second-order valence-electron chi connectivity index (χ2n) is 5.57. The minimum absolute atomic E-state index is 0.576. The van der Waals surface area contributed by atoms with Gasteiger partial charge in [-0.05, 0) is 57.7 Å². The van der Waals surface area contributed by atoms with Crippen molar-refractivity contribution in [1.82, 2.24) is 5.32 Å². The molecule has 1 fully saturated rings. The molecule has 0 spiro atoms. The Hall–Kier alpha value is -0.860. The molecule has 17 heavy (non-hydrogen) atoms. The highest BCUT2D eigenvalue weighted by Crippen LogP contribution is 2.32. The lowest BCUT2D eigenvalue weighted by Crippen LogP contribution is -2.44. The first-order valence-corrected chi connectivity index (χ1v) is 6.61. The zero-order chi connectivity index (χ0) is 12.4. The van der Waals surface area contributed by atoms with Gasteiger partial charge in [0.05, 0.1) is 0 Å². The predicted molar refractivity (Wildman–Crippen MR) is 73.3 cm³/mol. The Labute approximate surface area is 105 Å². The van der Waals surface area contributed by atoms with E-state index in [4.69, 9.17) is 5.73 Å². The quantitative estimate of drug-likeness (QED) is 0.821. The van der Waals surface area contributed by atoms with Crippen molar-refractivity contribution in [2.45, 2.75) is 39.2 Å². The molecule has 0 amide bonds. The average Bonchev–Trinajstić information content (AvgIpc) is 2.27. The van der Waals surface area contributed by atoms with E-state index in [2.05, 4.69) is 44.3 Å². The van der Waals surface area contributed by atoms with Crippen molar-refractivity contribution in [1.29, 1.82) is 0 Å². The number of hydrogen-bond donors (Lipinski definition) is 2. The van der Waals surface area contributed by atoms with Crippen LogP contribution in [0.15, 0.2) is 18.2 Å². The summed E-state index contributed by atoms with van der Waals surface area (Å²) in [5.41, 5.74) is 10.1. The Morgan fingerprint density at radius 1 is 1.24 bits per heavy atom. The largest absolute Gasteiger partial charge is 0.330 e. The highest BCUT2D eigenvalue weighted by molar-refractivity contribution is 5.32. The maximum atomic E-state index is 5.91. The summed E-state index contributed by atoms with van der Waals surface area (Å²) in [5, 5.41) is 3.53. The van der Waals surface area contributed by atoms with Crippen LogP contribution in [-0.2, 0) is 0 Å². The summed E-state index contributed by atoms with van der Waals surface area (Å²) in [6.45, 7) is 8.45. The van der Waals surface area contributed by atoms with Gasteiger partial charge in [-0.25, -0.2) is 0 Å². The first kappa shape index (κ1) is 12.6. The average molecular weight is 232 g/mol. The standard InChI is InChI=1S/C15H24N2/c1-10-4-11(2)6-13(5-10)15-7-12(3)17-9-14(15)8-16/h4-6,12,14-15,17H,7-9,16H2,1-3H3. The molecule has 0 bridgehead atoms. The van der Waals surface area contributed by atoms with E-state index in [9.17, 15) is 0 Å². The highest BCUT2D eigenvalue weighted by atomic mass is 14.9. The van der Waals surface area contributed by atoms with Gasteiger partial charge in [0.15, 0.2) is 0 Å². The Morgan fingerprint density at radius 3 is 2.47 bits per heavy atom. The Balaban J connectivity index is 2.28. The van der Waals surface area contributed by atoms with Crippen LogP contribution in [0.25, 0.3) is 0 Å². The van der Waals surface area contributed by atoms with Gasteiger partial charge in [-0.15, -0.1) is 0 Å². The van der Waals surface area contributed by atoms with Crippen LogP contribution in [0.3, 0.4) is 0 Å². The van der Waals surface area contributed by atoms with E-state index < -0.39 is 0 Å². The maximum absolute atomic E-state index is 5.91. The van der Waals surface area contributed by atoms with Gasteiger partial charge in [0.2, 0.25) is 0 Å². The van der Waals surface area contributed by atoms with Crippen molar-refractivity contribution in [3.63, 3.8) is 0 Å². The number of nitrogens with one attached hydrogen (secondary N) is 1. The van der Waals surface area contributed by atoms with Gasteiger partial charge < -0.3 is 11.1 Å². The van der Waals surface area contributed by atoms with Crippen LogP contribution < -0.4 is 11.1 Å². The van der Waals surface area contributed by atoms with E-state index in [0.717, 1.165) is 13.1 Å². The van der Waals surface area contributed by atoms with E-state index in [1.807, 2.05) is 0 Å². The summed E-state index contributed by atoms with van der Waals surface area (Å²) in [5.74, 6) is 1.20. The van der Waals surface area contributed by atoms with E-state index in [0.29, 0.717) is 17.9 Å². The minimum Gasteiger partial charge on any atom is -0.330 e. The molecule has 2 nitrogen and oxygen atoms in total. The molecule has 1 saturated heterocycles. The second kappa shape index (κ2) is 5.19. The lowest BCUT2D eigenvalue weighted by molar-refractivity contribution is 0.285. The monoisotopic (exact) mass is 232 g/mol. The molecule has 1 aromatic rings. The third-order valence-electron chi connectivity index (χ3n) is 3.88. The molecule has 0 saturated carbocycles. The molecule has 1 aliphatic heterocycles. The first-order valence-electron chi connectivity index (χ1n) is 6.61. The number of nitrogens with two attached hydrogens (primary N) is 1. The molecule has 0 aliphatic carbocycles. The van der Waals surface area contributed by atoms with Gasteiger partial charge in [-0.1, -0.05) is 29.3 Å². The number of rotatable bonds is 2. The van der Waals surface area contributed by atoms with Crippen LogP contribution in [0.1, 0.15) is 36.0 Å². The lowest BCUT2D eigenvalue weighted by Gasteiger charge is -2.35.